The number of furan rings is 1. The molecule has 0 spiro atoms. The lowest BCUT2D eigenvalue weighted by Crippen LogP contribution is -2.22. The van der Waals surface area contributed by atoms with Gasteiger partial charge in [-0.25, -0.2) is 0 Å². The Hall–Kier alpha value is -1.94. The molecule has 88 valence electrons. The van der Waals surface area contributed by atoms with Crippen LogP contribution in [0.5, 0.6) is 0 Å². The number of halogens is 1. The van der Waals surface area contributed by atoms with E-state index in [1.54, 1.807) is 36.6 Å². The number of nitrogen functional groups attached to an aromatic ring is 1. The summed E-state index contributed by atoms with van der Waals surface area (Å²) in [5, 5.41) is 3.04. The molecule has 2 rings (SSSR count). The molecule has 0 saturated carbocycles. The van der Waals surface area contributed by atoms with Gasteiger partial charge in [0.2, 0.25) is 0 Å². The van der Waals surface area contributed by atoms with E-state index in [0.717, 1.165) is 0 Å². The van der Waals surface area contributed by atoms with Crippen LogP contribution in [0.4, 0.5) is 5.69 Å². The van der Waals surface area contributed by atoms with E-state index >= 15 is 0 Å². The van der Waals surface area contributed by atoms with E-state index in [4.69, 9.17) is 21.8 Å². The van der Waals surface area contributed by atoms with Crippen LogP contribution in [0.25, 0.3) is 0 Å². The van der Waals surface area contributed by atoms with Crippen LogP contribution in [0.15, 0.2) is 41.0 Å². The zero-order valence-corrected chi connectivity index (χ0v) is 9.70. The third-order valence-corrected chi connectivity index (χ3v) is 2.55. The van der Waals surface area contributed by atoms with E-state index in [1.165, 1.54) is 0 Å². The summed E-state index contributed by atoms with van der Waals surface area (Å²) in [6.07, 6.45) is 1.55. The lowest BCUT2D eigenvalue weighted by Gasteiger charge is -2.05. The molecule has 2 aromatic rings. The van der Waals surface area contributed by atoms with Gasteiger partial charge in [-0.3, -0.25) is 4.79 Å². The summed E-state index contributed by atoms with van der Waals surface area (Å²) in [7, 11) is 0. The third kappa shape index (κ3) is 2.79. The van der Waals surface area contributed by atoms with Gasteiger partial charge in [0.15, 0.2) is 0 Å². The first-order valence-electron chi connectivity index (χ1n) is 5.02. The highest BCUT2D eigenvalue weighted by Gasteiger charge is 2.10. The molecule has 4 nitrogen and oxygen atoms in total. The minimum Gasteiger partial charge on any atom is -0.467 e. The first-order valence-corrected chi connectivity index (χ1v) is 5.40. The molecule has 1 aromatic carbocycles. The largest absolute Gasteiger partial charge is 0.467 e. The first kappa shape index (κ1) is 11.5. The topological polar surface area (TPSA) is 68.3 Å². The van der Waals surface area contributed by atoms with Crippen LogP contribution in [0.3, 0.4) is 0 Å². The number of benzene rings is 1. The van der Waals surface area contributed by atoms with Crippen molar-refractivity contribution in [1.29, 1.82) is 0 Å². The van der Waals surface area contributed by atoms with Gasteiger partial charge >= 0.3 is 0 Å². The van der Waals surface area contributed by atoms with Crippen LogP contribution in [-0.2, 0) is 6.54 Å². The summed E-state index contributed by atoms with van der Waals surface area (Å²) in [6, 6.07) is 8.31. The monoisotopic (exact) mass is 250 g/mol. The van der Waals surface area contributed by atoms with Gasteiger partial charge in [-0.1, -0.05) is 11.6 Å². The Morgan fingerprint density at radius 2 is 2.24 bits per heavy atom. The molecule has 0 radical (unpaired) electrons. The molecule has 0 unspecified atom stereocenters. The van der Waals surface area contributed by atoms with Crippen molar-refractivity contribution in [2.45, 2.75) is 6.54 Å². The van der Waals surface area contributed by atoms with Crippen molar-refractivity contribution in [3.05, 3.63) is 52.9 Å². The molecule has 0 bridgehead atoms. The van der Waals surface area contributed by atoms with Crippen molar-refractivity contribution in [3.8, 4) is 0 Å². The average molecular weight is 251 g/mol. The van der Waals surface area contributed by atoms with Crippen LogP contribution in [0.1, 0.15) is 16.1 Å². The van der Waals surface area contributed by atoms with Crippen molar-refractivity contribution < 1.29 is 9.21 Å². The molecule has 1 amide bonds. The Kier molecular flexibility index (Phi) is 3.35. The summed E-state index contributed by atoms with van der Waals surface area (Å²) in [5.74, 6) is 0.427. The van der Waals surface area contributed by atoms with Gasteiger partial charge in [0.05, 0.1) is 23.4 Å². The number of nitrogens with two attached hydrogens (primary N) is 1. The van der Waals surface area contributed by atoms with Gasteiger partial charge in [-0.05, 0) is 30.3 Å². The normalized spacial score (nSPS) is 10.2. The lowest BCUT2D eigenvalue weighted by atomic mass is 10.2. The summed E-state index contributed by atoms with van der Waals surface area (Å²) >= 11 is 5.92. The zero-order chi connectivity index (χ0) is 12.3. The number of carbonyl (C=O) groups is 1. The average Bonchev–Trinajstić information content (AvgIpc) is 2.78. The van der Waals surface area contributed by atoms with Gasteiger partial charge in [-0.15, -0.1) is 0 Å². The van der Waals surface area contributed by atoms with Crippen LogP contribution in [-0.4, -0.2) is 5.91 Å². The van der Waals surface area contributed by atoms with Crippen LogP contribution >= 0.6 is 11.6 Å². The Labute approximate surface area is 103 Å². The second kappa shape index (κ2) is 4.93. The summed E-state index contributed by atoms with van der Waals surface area (Å²) in [4.78, 5) is 11.8. The van der Waals surface area contributed by atoms with Crippen LogP contribution in [0.2, 0.25) is 5.02 Å². The number of rotatable bonds is 3. The fourth-order valence-corrected chi connectivity index (χ4v) is 1.67. The number of hydrogen-bond acceptors (Lipinski definition) is 3. The van der Waals surface area contributed by atoms with E-state index in [0.29, 0.717) is 28.6 Å². The van der Waals surface area contributed by atoms with Gasteiger partial charge in [0.1, 0.15) is 5.76 Å². The molecule has 0 atom stereocenters. The molecular weight excluding hydrogens is 240 g/mol. The summed E-state index contributed by atoms with van der Waals surface area (Å²) in [5.41, 5.74) is 6.47. The van der Waals surface area contributed by atoms with E-state index < -0.39 is 0 Å². The number of carbonyl (C=O) groups excluding carboxylic acids is 1. The van der Waals surface area contributed by atoms with Gasteiger partial charge in [0, 0.05) is 5.69 Å². The third-order valence-electron chi connectivity index (χ3n) is 2.24. The Balaban J connectivity index is 2.04. The SMILES string of the molecule is Nc1ccc(C(=O)NCc2ccco2)c(Cl)c1. The van der Waals surface area contributed by atoms with E-state index in [2.05, 4.69) is 5.32 Å². The van der Waals surface area contributed by atoms with Gasteiger partial charge < -0.3 is 15.5 Å². The van der Waals surface area contributed by atoms with Crippen molar-refractivity contribution >= 4 is 23.2 Å². The number of nitrogens with one attached hydrogen (secondary N) is 1. The maximum absolute atomic E-state index is 11.8. The minimum atomic E-state index is -0.258. The van der Waals surface area contributed by atoms with E-state index in [-0.39, 0.29) is 5.91 Å². The van der Waals surface area contributed by atoms with Crippen molar-refractivity contribution in [3.63, 3.8) is 0 Å². The molecule has 5 heteroatoms. The maximum atomic E-state index is 11.8. The van der Waals surface area contributed by atoms with Crippen molar-refractivity contribution in [2.75, 3.05) is 5.73 Å². The number of anilines is 1. The second-order valence-electron chi connectivity index (χ2n) is 3.50. The Bertz CT molecular complexity index is 523. The number of hydrogen-bond donors (Lipinski definition) is 2. The van der Waals surface area contributed by atoms with E-state index in [9.17, 15) is 4.79 Å². The fraction of sp³-hybridized carbons (Fsp3) is 0.0833. The zero-order valence-electron chi connectivity index (χ0n) is 8.94. The molecular formula is C12H11ClN2O2. The van der Waals surface area contributed by atoms with Crippen molar-refractivity contribution in [2.24, 2.45) is 0 Å². The Morgan fingerprint density at radius 1 is 1.41 bits per heavy atom. The molecule has 0 aliphatic carbocycles. The highest BCUT2D eigenvalue weighted by Crippen LogP contribution is 2.19. The summed E-state index contributed by atoms with van der Waals surface area (Å²) < 4.78 is 5.10. The van der Waals surface area contributed by atoms with Gasteiger partial charge in [0.25, 0.3) is 5.91 Å². The predicted octanol–water partition coefficient (Wildman–Crippen LogP) is 2.45. The molecule has 1 heterocycles. The molecule has 1 aromatic heterocycles. The quantitative estimate of drug-likeness (QED) is 0.822. The molecule has 0 aliphatic rings. The van der Waals surface area contributed by atoms with Crippen LogP contribution < -0.4 is 11.1 Å². The van der Waals surface area contributed by atoms with E-state index in [1.807, 2.05) is 0 Å². The first-order chi connectivity index (χ1) is 8.16. The second-order valence-corrected chi connectivity index (χ2v) is 3.91. The van der Waals surface area contributed by atoms with Crippen molar-refractivity contribution in [1.82, 2.24) is 5.32 Å². The standard InChI is InChI=1S/C12H11ClN2O2/c13-11-6-8(14)3-4-10(11)12(16)15-7-9-2-1-5-17-9/h1-6H,7,14H2,(H,15,16). The molecule has 0 fully saturated rings. The lowest BCUT2D eigenvalue weighted by molar-refractivity contribution is 0.0948. The molecule has 17 heavy (non-hydrogen) atoms. The predicted molar refractivity (Wildman–Crippen MR) is 65.7 cm³/mol. The Morgan fingerprint density at radius 3 is 2.88 bits per heavy atom. The molecule has 0 aliphatic heterocycles. The summed E-state index contributed by atoms with van der Waals surface area (Å²) in [6.45, 7) is 0.326. The number of amides is 1. The minimum absolute atomic E-state index is 0.258. The van der Waals surface area contributed by atoms with Crippen LogP contribution in [0, 0.1) is 0 Å². The maximum Gasteiger partial charge on any atom is 0.253 e. The smallest absolute Gasteiger partial charge is 0.253 e. The molecule has 3 N–H and O–H groups in total. The molecule has 0 saturated heterocycles. The highest BCUT2D eigenvalue weighted by atomic mass is 35.5. The fourth-order valence-electron chi connectivity index (χ4n) is 1.39. The highest BCUT2D eigenvalue weighted by molar-refractivity contribution is 6.34. The van der Waals surface area contributed by atoms with Gasteiger partial charge in [-0.2, -0.15) is 0 Å².